The summed E-state index contributed by atoms with van der Waals surface area (Å²) >= 11 is 1.15. The average Bonchev–Trinajstić information content (AvgIpc) is 2.79. The molecule has 194 valence electrons. The van der Waals surface area contributed by atoms with Crippen molar-refractivity contribution in [1.29, 1.82) is 0 Å². The van der Waals surface area contributed by atoms with Crippen molar-refractivity contribution >= 4 is 23.6 Å². The van der Waals surface area contributed by atoms with Gasteiger partial charge in [0.05, 0.1) is 6.10 Å². The average molecular weight is 490 g/mol. The molecule has 5 atom stereocenters. The Balaban J connectivity index is 2.06. The number of aliphatic hydroxyl groups is 3. The number of nitrogens with one attached hydrogen (secondary N) is 1. The summed E-state index contributed by atoms with van der Waals surface area (Å²) < 4.78 is 0. The Labute approximate surface area is 204 Å². The third-order valence-electron chi connectivity index (χ3n) is 6.89. The Morgan fingerprint density at radius 1 is 0.909 bits per heavy atom. The molecule has 1 amide bonds. The first-order valence-corrected chi connectivity index (χ1v) is 14.1. The molecule has 1 aliphatic rings. The van der Waals surface area contributed by atoms with Crippen molar-refractivity contribution in [3.05, 3.63) is 0 Å². The molecule has 0 aromatic rings. The van der Waals surface area contributed by atoms with Gasteiger partial charge in [-0.05, 0) is 6.42 Å². The molecule has 0 radical (unpaired) electrons. The number of hydrogen-bond donors (Lipinski definition) is 5. The van der Waals surface area contributed by atoms with Gasteiger partial charge in [-0.15, -0.1) is 0 Å². The highest BCUT2D eigenvalue weighted by molar-refractivity contribution is 7.99. The molecule has 8 heteroatoms. The Hall–Kier alpha value is -0.830. The second-order valence-electron chi connectivity index (χ2n) is 9.68. The van der Waals surface area contributed by atoms with Crippen LogP contribution < -0.4 is 5.32 Å². The van der Waals surface area contributed by atoms with Gasteiger partial charge < -0.3 is 25.7 Å². The summed E-state index contributed by atoms with van der Waals surface area (Å²) in [6, 6.07) is -1.04. The van der Waals surface area contributed by atoms with Crippen LogP contribution in [0.25, 0.3) is 0 Å². The second-order valence-corrected chi connectivity index (χ2v) is 10.7. The van der Waals surface area contributed by atoms with E-state index in [2.05, 4.69) is 12.2 Å². The number of carboxylic acids is 1. The van der Waals surface area contributed by atoms with Crippen LogP contribution in [0, 0.1) is 5.92 Å². The maximum Gasteiger partial charge on any atom is 0.327 e. The standard InChI is InChI=1S/C25H47NO6S/c1-3-4-5-6-7-8-9-10-11-12-13-14-15-16-21(27)26-20(24(30)31)17-33-18-25(32)19(2)22(28)23(25)29/h19-20,22-23,28-29,32H,3-18H2,1-2H3,(H,26,27)(H,30,31)/t19?,20-,22?,23+,25+/m0/s1. The van der Waals surface area contributed by atoms with E-state index >= 15 is 0 Å². The molecule has 0 heterocycles. The smallest absolute Gasteiger partial charge is 0.327 e. The molecule has 0 aliphatic heterocycles. The maximum absolute atomic E-state index is 12.1. The highest BCUT2D eigenvalue weighted by Gasteiger charge is 2.58. The molecule has 33 heavy (non-hydrogen) atoms. The van der Waals surface area contributed by atoms with E-state index in [1.807, 2.05) is 0 Å². The molecule has 7 nitrogen and oxygen atoms in total. The molecule has 1 rings (SSSR count). The van der Waals surface area contributed by atoms with Gasteiger partial charge in [0.15, 0.2) is 0 Å². The van der Waals surface area contributed by atoms with Crippen LogP contribution in [-0.2, 0) is 9.59 Å². The van der Waals surface area contributed by atoms with Gasteiger partial charge in [-0.25, -0.2) is 4.79 Å². The van der Waals surface area contributed by atoms with Gasteiger partial charge in [0, 0.05) is 23.8 Å². The van der Waals surface area contributed by atoms with E-state index in [0.717, 1.165) is 31.0 Å². The largest absolute Gasteiger partial charge is 0.480 e. The zero-order chi connectivity index (χ0) is 24.7. The molecular formula is C25H47NO6S. The third-order valence-corrected chi connectivity index (χ3v) is 8.13. The molecule has 1 saturated carbocycles. The summed E-state index contributed by atoms with van der Waals surface area (Å²) in [6.45, 7) is 3.88. The molecule has 1 fully saturated rings. The van der Waals surface area contributed by atoms with Gasteiger partial charge in [-0.2, -0.15) is 11.8 Å². The van der Waals surface area contributed by atoms with Crippen molar-refractivity contribution in [2.45, 2.75) is 128 Å². The first-order valence-electron chi connectivity index (χ1n) is 12.9. The Kier molecular flexibility index (Phi) is 15.3. The summed E-state index contributed by atoms with van der Waals surface area (Å²) in [5.41, 5.74) is -1.42. The predicted octanol–water partition coefficient (Wildman–Crippen LogP) is 3.87. The summed E-state index contributed by atoms with van der Waals surface area (Å²) in [5.74, 6) is -1.66. The van der Waals surface area contributed by atoms with Crippen LogP contribution in [0.1, 0.15) is 104 Å². The fourth-order valence-electron chi connectivity index (χ4n) is 4.32. The van der Waals surface area contributed by atoms with Crippen molar-refractivity contribution in [3.8, 4) is 0 Å². The number of carboxylic acid groups (broad SMARTS) is 1. The van der Waals surface area contributed by atoms with E-state index in [1.165, 1.54) is 64.2 Å². The van der Waals surface area contributed by atoms with E-state index in [1.54, 1.807) is 6.92 Å². The van der Waals surface area contributed by atoms with Crippen LogP contribution in [0.2, 0.25) is 0 Å². The molecule has 0 aromatic carbocycles. The minimum atomic E-state index is -1.42. The highest BCUT2D eigenvalue weighted by atomic mass is 32.2. The number of aliphatic carboxylic acids is 1. The van der Waals surface area contributed by atoms with Crippen LogP contribution in [-0.4, -0.2) is 67.7 Å². The molecule has 2 unspecified atom stereocenters. The van der Waals surface area contributed by atoms with Gasteiger partial charge in [0.25, 0.3) is 0 Å². The van der Waals surface area contributed by atoms with Gasteiger partial charge in [-0.3, -0.25) is 4.79 Å². The molecule has 0 bridgehead atoms. The maximum atomic E-state index is 12.1. The summed E-state index contributed by atoms with van der Waals surface area (Å²) in [4.78, 5) is 23.6. The lowest BCUT2D eigenvalue weighted by molar-refractivity contribution is -0.242. The summed E-state index contributed by atoms with van der Waals surface area (Å²) in [6.07, 6.45) is 14.1. The van der Waals surface area contributed by atoms with Crippen molar-refractivity contribution in [2.24, 2.45) is 5.92 Å². The van der Waals surface area contributed by atoms with Crippen LogP contribution in [0.3, 0.4) is 0 Å². The van der Waals surface area contributed by atoms with E-state index < -0.39 is 35.7 Å². The van der Waals surface area contributed by atoms with E-state index in [0.29, 0.717) is 6.42 Å². The number of amides is 1. The molecule has 0 saturated heterocycles. The number of unbranched alkanes of at least 4 members (excludes halogenated alkanes) is 12. The summed E-state index contributed by atoms with van der Waals surface area (Å²) in [5, 5.41) is 41.7. The van der Waals surface area contributed by atoms with Gasteiger partial charge in [0.1, 0.15) is 17.7 Å². The van der Waals surface area contributed by atoms with Gasteiger partial charge >= 0.3 is 5.97 Å². The number of thioether (sulfide) groups is 1. The van der Waals surface area contributed by atoms with Gasteiger partial charge in [0.2, 0.25) is 5.91 Å². The lowest BCUT2D eigenvalue weighted by Gasteiger charge is -2.52. The first-order chi connectivity index (χ1) is 15.7. The number of carbonyl (C=O) groups excluding carboxylic acids is 1. The predicted molar refractivity (Wildman–Crippen MR) is 133 cm³/mol. The lowest BCUT2D eigenvalue weighted by Crippen LogP contribution is -2.70. The zero-order valence-electron chi connectivity index (χ0n) is 20.6. The molecule has 1 aliphatic carbocycles. The van der Waals surface area contributed by atoms with Crippen molar-refractivity contribution in [2.75, 3.05) is 11.5 Å². The van der Waals surface area contributed by atoms with E-state index in [9.17, 15) is 30.0 Å². The number of carbonyl (C=O) groups is 2. The Bertz CT molecular complexity index is 551. The monoisotopic (exact) mass is 489 g/mol. The first kappa shape index (κ1) is 30.2. The molecule has 0 spiro atoms. The highest BCUT2D eigenvalue weighted by Crippen LogP contribution is 2.41. The van der Waals surface area contributed by atoms with E-state index in [-0.39, 0.29) is 17.4 Å². The van der Waals surface area contributed by atoms with Crippen molar-refractivity contribution in [3.63, 3.8) is 0 Å². The molecular weight excluding hydrogens is 442 g/mol. The number of aliphatic hydroxyl groups excluding tert-OH is 2. The minimum absolute atomic E-state index is 0.0948. The molecule has 5 N–H and O–H groups in total. The fraction of sp³-hybridized carbons (Fsp3) is 0.920. The van der Waals surface area contributed by atoms with Crippen LogP contribution in [0.15, 0.2) is 0 Å². The van der Waals surface area contributed by atoms with Crippen LogP contribution >= 0.6 is 11.8 Å². The third kappa shape index (κ3) is 11.0. The summed E-state index contributed by atoms with van der Waals surface area (Å²) in [7, 11) is 0. The normalized spacial score (nSPS) is 25.4. The Morgan fingerprint density at radius 3 is 1.85 bits per heavy atom. The van der Waals surface area contributed by atoms with Crippen molar-refractivity contribution < 1.29 is 30.0 Å². The molecule has 0 aromatic heterocycles. The zero-order valence-corrected chi connectivity index (χ0v) is 21.5. The van der Waals surface area contributed by atoms with E-state index in [4.69, 9.17) is 0 Å². The minimum Gasteiger partial charge on any atom is -0.480 e. The second kappa shape index (κ2) is 16.7. The fourth-order valence-corrected chi connectivity index (χ4v) is 5.66. The van der Waals surface area contributed by atoms with Crippen molar-refractivity contribution in [1.82, 2.24) is 5.32 Å². The SMILES string of the molecule is CCCCCCCCCCCCCCCC(=O)N[C@@H](CSC[C@@]1(O)C(C)C(O)[C@H]1O)C(=O)O. The van der Waals surface area contributed by atoms with Crippen LogP contribution in [0.5, 0.6) is 0 Å². The number of rotatable bonds is 20. The quantitative estimate of drug-likeness (QED) is 0.164. The number of hydrogen-bond acceptors (Lipinski definition) is 6. The Morgan fingerprint density at radius 2 is 1.39 bits per heavy atom. The topological polar surface area (TPSA) is 127 Å². The van der Waals surface area contributed by atoms with Crippen LogP contribution in [0.4, 0.5) is 0 Å². The lowest BCUT2D eigenvalue weighted by atomic mass is 9.66. The van der Waals surface area contributed by atoms with Gasteiger partial charge in [-0.1, -0.05) is 90.9 Å².